The standard InChI is InChI=1S/C23H28N6O5/c1-23(2,3)34-22(30)27-9-7-17(8-10-27)26-18-6-5-15(11-19(18)29(31)32)16-12-20(33-4)21-24-14-25-28(21)13-16/h5-6,11-14,17,26H,7-10H2,1-4H3. The fourth-order valence-corrected chi connectivity index (χ4v) is 3.94. The van der Waals surface area contributed by atoms with Crippen LogP contribution >= 0.6 is 0 Å². The van der Waals surface area contributed by atoms with Gasteiger partial charge in [-0.2, -0.15) is 5.10 Å². The van der Waals surface area contributed by atoms with Crippen molar-refractivity contribution in [2.45, 2.75) is 45.3 Å². The molecule has 1 aliphatic heterocycles. The number of hydrogen-bond acceptors (Lipinski definition) is 8. The highest BCUT2D eigenvalue weighted by Gasteiger charge is 2.28. The average molecular weight is 469 g/mol. The van der Waals surface area contributed by atoms with Gasteiger partial charge >= 0.3 is 6.09 Å². The zero-order valence-corrected chi connectivity index (χ0v) is 19.6. The molecule has 0 atom stereocenters. The van der Waals surface area contributed by atoms with Gasteiger partial charge in [0.15, 0.2) is 11.4 Å². The predicted octanol–water partition coefficient (Wildman–Crippen LogP) is 4.12. The maximum Gasteiger partial charge on any atom is 0.410 e. The number of hydrogen-bond donors (Lipinski definition) is 1. The molecule has 2 aromatic heterocycles. The number of carbonyl (C=O) groups is 1. The molecule has 4 rings (SSSR count). The van der Waals surface area contributed by atoms with Crippen LogP contribution in [0.5, 0.6) is 5.75 Å². The van der Waals surface area contributed by atoms with Crippen molar-refractivity contribution in [1.82, 2.24) is 19.5 Å². The number of nitrogens with one attached hydrogen (secondary N) is 1. The summed E-state index contributed by atoms with van der Waals surface area (Å²) in [7, 11) is 1.54. The van der Waals surface area contributed by atoms with E-state index in [0.717, 1.165) is 5.56 Å². The molecule has 0 unspecified atom stereocenters. The number of aromatic nitrogens is 3. The van der Waals surface area contributed by atoms with Crippen molar-refractivity contribution in [2.24, 2.45) is 0 Å². The van der Waals surface area contributed by atoms with E-state index in [0.29, 0.717) is 48.6 Å². The second-order valence-corrected chi connectivity index (χ2v) is 9.20. The molecule has 1 fully saturated rings. The molecule has 0 saturated carbocycles. The van der Waals surface area contributed by atoms with E-state index in [1.807, 2.05) is 26.8 Å². The molecule has 1 saturated heterocycles. The Morgan fingerprint density at radius 2 is 1.94 bits per heavy atom. The van der Waals surface area contributed by atoms with Crippen LogP contribution in [0.2, 0.25) is 0 Å². The second-order valence-electron chi connectivity index (χ2n) is 9.20. The van der Waals surface area contributed by atoms with E-state index in [2.05, 4.69) is 15.4 Å². The first-order valence-electron chi connectivity index (χ1n) is 11.1. The summed E-state index contributed by atoms with van der Waals surface area (Å²) in [6.45, 7) is 6.55. The van der Waals surface area contributed by atoms with Gasteiger partial charge in [-0.25, -0.2) is 14.3 Å². The molecule has 1 amide bonds. The predicted molar refractivity (Wildman–Crippen MR) is 126 cm³/mol. The lowest BCUT2D eigenvalue weighted by molar-refractivity contribution is -0.383. The SMILES string of the molecule is COc1cc(-c2ccc(NC3CCN(C(=O)OC(C)(C)C)CC3)c([N+](=O)[O-])c2)cn2ncnc12. The molecule has 0 aliphatic carbocycles. The molecule has 11 nitrogen and oxygen atoms in total. The van der Waals surface area contributed by atoms with Gasteiger partial charge in [-0.15, -0.1) is 0 Å². The summed E-state index contributed by atoms with van der Waals surface area (Å²) in [6.07, 6.45) is 4.17. The number of ether oxygens (including phenoxy) is 2. The maximum atomic E-state index is 12.3. The Labute approximate surface area is 196 Å². The van der Waals surface area contributed by atoms with Gasteiger partial charge in [0.25, 0.3) is 5.69 Å². The van der Waals surface area contributed by atoms with Gasteiger partial charge in [0.1, 0.15) is 17.6 Å². The normalized spacial score (nSPS) is 14.8. The molecule has 0 radical (unpaired) electrons. The number of anilines is 1. The quantitative estimate of drug-likeness (QED) is 0.438. The first kappa shape index (κ1) is 23.3. The zero-order chi connectivity index (χ0) is 24.5. The van der Waals surface area contributed by atoms with E-state index in [1.54, 1.807) is 27.7 Å². The number of fused-ring (bicyclic) bond motifs is 1. The molecule has 180 valence electrons. The Balaban J connectivity index is 1.50. The number of nitro groups is 1. The molecule has 1 N–H and O–H groups in total. The van der Waals surface area contributed by atoms with Crippen molar-refractivity contribution in [3.8, 4) is 16.9 Å². The van der Waals surface area contributed by atoms with Crippen LogP contribution in [-0.2, 0) is 4.74 Å². The Morgan fingerprint density at radius 3 is 2.59 bits per heavy atom. The van der Waals surface area contributed by atoms with Gasteiger partial charge in [0.2, 0.25) is 0 Å². The van der Waals surface area contributed by atoms with Gasteiger partial charge in [0, 0.05) is 37.0 Å². The summed E-state index contributed by atoms with van der Waals surface area (Å²) < 4.78 is 12.4. The highest BCUT2D eigenvalue weighted by atomic mass is 16.6. The average Bonchev–Trinajstić information content (AvgIpc) is 3.26. The number of pyridine rings is 1. The van der Waals surface area contributed by atoms with Crippen LogP contribution in [-0.4, -0.2) is 62.4 Å². The van der Waals surface area contributed by atoms with Crippen molar-refractivity contribution < 1.29 is 19.2 Å². The third-order valence-electron chi connectivity index (χ3n) is 5.60. The Kier molecular flexibility index (Phi) is 6.27. The van der Waals surface area contributed by atoms with Crippen LogP contribution in [0.4, 0.5) is 16.2 Å². The monoisotopic (exact) mass is 468 g/mol. The van der Waals surface area contributed by atoms with Gasteiger partial charge in [0.05, 0.1) is 12.0 Å². The van der Waals surface area contributed by atoms with E-state index in [1.165, 1.54) is 19.5 Å². The smallest absolute Gasteiger partial charge is 0.410 e. The lowest BCUT2D eigenvalue weighted by atomic mass is 10.0. The fourth-order valence-electron chi connectivity index (χ4n) is 3.94. The third kappa shape index (κ3) is 5.03. The summed E-state index contributed by atoms with van der Waals surface area (Å²) in [5.74, 6) is 0.525. The van der Waals surface area contributed by atoms with Crippen molar-refractivity contribution >= 4 is 23.1 Å². The number of nitrogens with zero attached hydrogens (tertiary/aromatic N) is 5. The molecule has 3 aromatic rings. The van der Waals surface area contributed by atoms with Gasteiger partial charge in [-0.3, -0.25) is 10.1 Å². The topological polar surface area (TPSA) is 124 Å². The molecule has 11 heteroatoms. The van der Waals surface area contributed by atoms with Crippen LogP contribution in [0.3, 0.4) is 0 Å². The summed E-state index contributed by atoms with van der Waals surface area (Å²) in [5.41, 5.74) is 1.82. The van der Waals surface area contributed by atoms with Gasteiger partial charge in [-0.05, 0) is 51.3 Å². The number of methoxy groups -OCH3 is 1. The second kappa shape index (κ2) is 9.16. The fraction of sp³-hybridized carbons (Fsp3) is 0.435. The zero-order valence-electron chi connectivity index (χ0n) is 19.6. The molecule has 0 bridgehead atoms. The molecule has 0 spiro atoms. The van der Waals surface area contributed by atoms with Crippen molar-refractivity contribution in [2.75, 3.05) is 25.5 Å². The van der Waals surface area contributed by atoms with E-state index in [-0.39, 0.29) is 17.8 Å². The van der Waals surface area contributed by atoms with Gasteiger partial charge in [-0.1, -0.05) is 6.07 Å². The highest BCUT2D eigenvalue weighted by molar-refractivity contribution is 5.75. The van der Waals surface area contributed by atoms with Crippen LogP contribution in [0.15, 0.2) is 36.8 Å². The lowest BCUT2D eigenvalue weighted by Gasteiger charge is -2.34. The maximum absolute atomic E-state index is 12.3. The minimum absolute atomic E-state index is 0.00910. The van der Waals surface area contributed by atoms with Crippen molar-refractivity contribution in [1.29, 1.82) is 0 Å². The molecule has 3 heterocycles. The number of nitro benzene ring substituents is 1. The highest BCUT2D eigenvalue weighted by Crippen LogP contribution is 2.34. The van der Waals surface area contributed by atoms with Gasteiger partial charge < -0.3 is 19.7 Å². The number of likely N-dealkylation sites (tertiary alicyclic amines) is 1. The summed E-state index contributed by atoms with van der Waals surface area (Å²) in [6, 6.07) is 6.86. The molecular weight excluding hydrogens is 440 g/mol. The number of piperidine rings is 1. The summed E-state index contributed by atoms with van der Waals surface area (Å²) >= 11 is 0. The van der Waals surface area contributed by atoms with E-state index < -0.39 is 10.5 Å². The number of carbonyl (C=O) groups excluding carboxylic acids is 1. The largest absolute Gasteiger partial charge is 0.493 e. The van der Waals surface area contributed by atoms with E-state index in [4.69, 9.17) is 9.47 Å². The lowest BCUT2D eigenvalue weighted by Crippen LogP contribution is -2.44. The molecular formula is C23H28N6O5. The van der Waals surface area contributed by atoms with Crippen molar-refractivity contribution in [3.63, 3.8) is 0 Å². The first-order chi connectivity index (χ1) is 16.1. The van der Waals surface area contributed by atoms with E-state index >= 15 is 0 Å². The molecule has 34 heavy (non-hydrogen) atoms. The van der Waals surface area contributed by atoms with Crippen LogP contribution in [0.1, 0.15) is 33.6 Å². The van der Waals surface area contributed by atoms with Crippen LogP contribution in [0, 0.1) is 10.1 Å². The minimum atomic E-state index is -0.545. The summed E-state index contributed by atoms with van der Waals surface area (Å²) in [4.78, 5) is 29.6. The molecule has 1 aliphatic rings. The number of benzene rings is 1. The Bertz CT molecular complexity index is 1210. The number of rotatable bonds is 5. The first-order valence-corrected chi connectivity index (χ1v) is 11.1. The van der Waals surface area contributed by atoms with Crippen LogP contribution < -0.4 is 10.1 Å². The Hall–Kier alpha value is -3.89. The minimum Gasteiger partial charge on any atom is -0.493 e. The van der Waals surface area contributed by atoms with E-state index in [9.17, 15) is 14.9 Å². The third-order valence-corrected chi connectivity index (χ3v) is 5.60. The summed E-state index contributed by atoms with van der Waals surface area (Å²) in [5, 5.41) is 19.3. The molecule has 1 aromatic carbocycles. The number of amides is 1. The van der Waals surface area contributed by atoms with Crippen LogP contribution in [0.25, 0.3) is 16.8 Å². The van der Waals surface area contributed by atoms with Crippen molar-refractivity contribution in [3.05, 3.63) is 46.9 Å². The Morgan fingerprint density at radius 1 is 1.21 bits per heavy atom.